The van der Waals surface area contributed by atoms with Gasteiger partial charge in [-0.3, -0.25) is 9.59 Å². The van der Waals surface area contributed by atoms with Crippen molar-refractivity contribution in [3.63, 3.8) is 0 Å². The number of anilines is 1. The van der Waals surface area contributed by atoms with Gasteiger partial charge in [-0.15, -0.1) is 0 Å². The molecule has 0 aliphatic carbocycles. The fourth-order valence-corrected chi connectivity index (χ4v) is 5.55. The van der Waals surface area contributed by atoms with Crippen LogP contribution in [0.1, 0.15) is 39.4 Å². The lowest BCUT2D eigenvalue weighted by molar-refractivity contribution is -0.132. The fraction of sp³-hybridized carbons (Fsp3) is 0.235. The number of nitrogens with two attached hydrogens (primary N) is 1. The molecular weight excluding hydrogens is 532 g/mol. The highest BCUT2D eigenvalue weighted by Crippen LogP contribution is 2.27. The van der Waals surface area contributed by atoms with E-state index in [0.717, 1.165) is 5.56 Å². The van der Waals surface area contributed by atoms with E-state index >= 15 is 0 Å². The number of carbonyl (C=O) groups excluding carboxylic acids is 2. The SMILES string of the molecule is Nc1ccccc1C[C@H]1N[C@@H](CNC(=O)c2ccc(Cl)cc2)CCN(CC(c2ccccc2)c2ccccc2)C1=O. The predicted molar refractivity (Wildman–Crippen MR) is 165 cm³/mol. The quantitative estimate of drug-likeness (QED) is 0.240. The number of amides is 2. The van der Waals surface area contributed by atoms with Crippen LogP contribution in [0.2, 0.25) is 5.02 Å². The van der Waals surface area contributed by atoms with E-state index in [1.54, 1.807) is 24.3 Å². The molecule has 0 bridgehead atoms. The average molecular weight is 567 g/mol. The Morgan fingerprint density at radius 2 is 1.51 bits per heavy atom. The van der Waals surface area contributed by atoms with Crippen molar-refractivity contribution in [1.82, 2.24) is 15.5 Å². The number of nitrogen functional groups attached to an aromatic ring is 1. The first-order chi connectivity index (χ1) is 20.0. The average Bonchev–Trinajstić information content (AvgIpc) is 3.15. The summed E-state index contributed by atoms with van der Waals surface area (Å²) in [6, 6.07) is 34.6. The molecule has 6 nitrogen and oxygen atoms in total. The maximum atomic E-state index is 14.1. The van der Waals surface area contributed by atoms with E-state index in [2.05, 4.69) is 34.9 Å². The Kier molecular flexibility index (Phi) is 9.34. The van der Waals surface area contributed by atoms with Gasteiger partial charge in [-0.25, -0.2) is 0 Å². The summed E-state index contributed by atoms with van der Waals surface area (Å²) in [5, 5.41) is 7.17. The number of nitrogens with zero attached hydrogens (tertiary/aromatic N) is 1. The lowest BCUT2D eigenvalue weighted by atomic mass is 9.90. The van der Waals surface area contributed by atoms with Crippen LogP contribution in [0.25, 0.3) is 0 Å². The summed E-state index contributed by atoms with van der Waals surface area (Å²) in [5.74, 6) is -0.102. The van der Waals surface area contributed by atoms with E-state index in [1.807, 2.05) is 65.6 Å². The largest absolute Gasteiger partial charge is 0.399 e. The molecule has 1 fully saturated rings. The molecule has 0 aromatic heterocycles. The van der Waals surface area contributed by atoms with Crippen LogP contribution in [0, 0.1) is 0 Å². The standard InChI is InChI=1S/C34H35ClN4O2/c35-28-17-15-26(16-18-28)33(40)37-22-29-19-20-39(34(41)32(38-29)21-27-13-7-8-14-31(27)36)23-30(24-9-3-1-4-10-24)25-11-5-2-6-12-25/h1-18,29-30,32,38H,19-23,36H2,(H,37,40)/t29-,32-/m1/s1. The van der Waals surface area contributed by atoms with Crippen molar-refractivity contribution in [2.45, 2.75) is 30.8 Å². The molecule has 7 heteroatoms. The van der Waals surface area contributed by atoms with Crippen molar-refractivity contribution in [3.8, 4) is 0 Å². The van der Waals surface area contributed by atoms with Gasteiger partial charge in [-0.05, 0) is 59.9 Å². The summed E-state index contributed by atoms with van der Waals surface area (Å²) in [5.41, 5.74) is 10.7. The van der Waals surface area contributed by atoms with Crippen molar-refractivity contribution >= 4 is 29.1 Å². The zero-order valence-electron chi connectivity index (χ0n) is 22.9. The summed E-state index contributed by atoms with van der Waals surface area (Å²) in [7, 11) is 0. The Morgan fingerprint density at radius 3 is 2.15 bits per heavy atom. The molecule has 2 amide bonds. The molecule has 4 N–H and O–H groups in total. The number of hydrogen-bond donors (Lipinski definition) is 3. The predicted octanol–water partition coefficient (Wildman–Crippen LogP) is 5.29. The molecule has 1 saturated heterocycles. The summed E-state index contributed by atoms with van der Waals surface area (Å²) in [6.45, 7) is 1.52. The second kappa shape index (κ2) is 13.5. The summed E-state index contributed by atoms with van der Waals surface area (Å²) < 4.78 is 0. The summed E-state index contributed by atoms with van der Waals surface area (Å²) >= 11 is 5.98. The molecular formula is C34H35ClN4O2. The zero-order valence-corrected chi connectivity index (χ0v) is 23.6. The van der Waals surface area contributed by atoms with Gasteiger partial charge in [0.2, 0.25) is 5.91 Å². The molecule has 0 spiro atoms. The second-order valence-electron chi connectivity index (χ2n) is 10.5. The molecule has 0 saturated carbocycles. The highest BCUT2D eigenvalue weighted by Gasteiger charge is 2.33. The number of nitrogens with one attached hydrogen (secondary N) is 2. The van der Waals surface area contributed by atoms with Crippen molar-refractivity contribution in [2.75, 3.05) is 25.4 Å². The maximum absolute atomic E-state index is 14.1. The number of hydrogen-bond acceptors (Lipinski definition) is 4. The molecule has 4 aromatic carbocycles. The van der Waals surface area contributed by atoms with Gasteiger partial charge in [-0.2, -0.15) is 0 Å². The molecule has 210 valence electrons. The Hall–Kier alpha value is -4.13. The Bertz CT molecular complexity index is 1410. The Morgan fingerprint density at radius 1 is 0.902 bits per heavy atom. The molecule has 0 unspecified atom stereocenters. The van der Waals surface area contributed by atoms with Crippen molar-refractivity contribution in [2.24, 2.45) is 0 Å². The topological polar surface area (TPSA) is 87.5 Å². The smallest absolute Gasteiger partial charge is 0.251 e. The number of rotatable bonds is 9. The molecule has 5 rings (SSSR count). The van der Waals surface area contributed by atoms with Crippen LogP contribution in [-0.2, 0) is 11.2 Å². The van der Waals surface area contributed by atoms with E-state index in [9.17, 15) is 9.59 Å². The number of halogens is 1. The minimum atomic E-state index is -0.480. The number of para-hydroxylation sites is 1. The third kappa shape index (κ3) is 7.34. The molecule has 1 aliphatic heterocycles. The van der Waals surface area contributed by atoms with Crippen LogP contribution >= 0.6 is 11.6 Å². The Balaban J connectivity index is 1.37. The van der Waals surface area contributed by atoms with Crippen LogP contribution in [0.5, 0.6) is 0 Å². The molecule has 0 radical (unpaired) electrons. The van der Waals surface area contributed by atoms with Crippen molar-refractivity contribution < 1.29 is 9.59 Å². The molecule has 4 aromatic rings. The van der Waals surface area contributed by atoms with Gasteiger partial charge in [0, 0.05) is 47.9 Å². The maximum Gasteiger partial charge on any atom is 0.251 e. The molecule has 2 atom stereocenters. The van der Waals surface area contributed by atoms with E-state index < -0.39 is 6.04 Å². The first kappa shape index (κ1) is 28.4. The lowest BCUT2D eigenvalue weighted by Crippen LogP contribution is -2.50. The number of carbonyl (C=O) groups is 2. The fourth-order valence-electron chi connectivity index (χ4n) is 5.42. The highest BCUT2D eigenvalue weighted by atomic mass is 35.5. The van der Waals surface area contributed by atoms with Gasteiger partial charge >= 0.3 is 0 Å². The molecule has 1 heterocycles. The van der Waals surface area contributed by atoms with E-state index in [1.165, 1.54) is 11.1 Å². The van der Waals surface area contributed by atoms with Gasteiger partial charge in [0.1, 0.15) is 0 Å². The van der Waals surface area contributed by atoms with E-state index in [4.69, 9.17) is 17.3 Å². The van der Waals surface area contributed by atoms with Gasteiger partial charge in [0.05, 0.1) is 6.04 Å². The van der Waals surface area contributed by atoms with Crippen LogP contribution < -0.4 is 16.4 Å². The van der Waals surface area contributed by atoms with Gasteiger partial charge in [-0.1, -0.05) is 90.5 Å². The van der Waals surface area contributed by atoms with Gasteiger partial charge in [0.15, 0.2) is 0 Å². The first-order valence-electron chi connectivity index (χ1n) is 14.0. The van der Waals surface area contributed by atoms with Gasteiger partial charge < -0.3 is 21.3 Å². The first-order valence-corrected chi connectivity index (χ1v) is 14.4. The Labute approximate surface area is 246 Å². The highest BCUT2D eigenvalue weighted by molar-refractivity contribution is 6.30. The van der Waals surface area contributed by atoms with E-state index in [-0.39, 0.29) is 23.8 Å². The zero-order chi connectivity index (χ0) is 28.6. The van der Waals surface area contributed by atoms with Crippen LogP contribution in [0.4, 0.5) is 5.69 Å². The van der Waals surface area contributed by atoms with Crippen molar-refractivity contribution in [3.05, 3.63) is 136 Å². The van der Waals surface area contributed by atoms with E-state index in [0.29, 0.717) is 48.7 Å². The van der Waals surface area contributed by atoms with Gasteiger partial charge in [0.25, 0.3) is 5.91 Å². The van der Waals surface area contributed by atoms with Crippen molar-refractivity contribution in [1.29, 1.82) is 0 Å². The minimum absolute atomic E-state index is 0.0324. The lowest BCUT2D eigenvalue weighted by Gasteiger charge is -2.29. The monoisotopic (exact) mass is 566 g/mol. The van der Waals surface area contributed by atoms with Crippen LogP contribution in [0.15, 0.2) is 109 Å². The third-order valence-electron chi connectivity index (χ3n) is 7.70. The molecule has 1 aliphatic rings. The third-order valence-corrected chi connectivity index (χ3v) is 7.95. The molecule has 41 heavy (non-hydrogen) atoms. The normalized spacial score (nSPS) is 17.3. The summed E-state index contributed by atoms with van der Waals surface area (Å²) in [4.78, 5) is 28.9. The second-order valence-corrected chi connectivity index (χ2v) is 10.9. The minimum Gasteiger partial charge on any atom is -0.399 e. The summed E-state index contributed by atoms with van der Waals surface area (Å²) in [6.07, 6.45) is 1.16. The van der Waals surface area contributed by atoms with Crippen LogP contribution in [0.3, 0.4) is 0 Å². The van der Waals surface area contributed by atoms with Crippen LogP contribution in [-0.4, -0.2) is 48.4 Å². The number of benzene rings is 4.